The van der Waals surface area contributed by atoms with E-state index in [0.717, 1.165) is 47.2 Å². The Hall–Kier alpha value is -3.87. The monoisotopic (exact) mass is 398 g/mol. The summed E-state index contributed by atoms with van der Waals surface area (Å²) in [6, 6.07) is 16.3. The first-order valence-corrected chi connectivity index (χ1v) is 9.84. The van der Waals surface area contributed by atoms with Gasteiger partial charge in [0, 0.05) is 18.5 Å². The van der Waals surface area contributed by atoms with E-state index in [-0.39, 0.29) is 0 Å². The van der Waals surface area contributed by atoms with Gasteiger partial charge in [-0.25, -0.2) is 10.1 Å². The van der Waals surface area contributed by atoms with Crippen molar-refractivity contribution in [2.75, 3.05) is 0 Å². The number of imidazole rings is 1. The fraction of sp³-hybridized carbons (Fsp3) is 0.174. The lowest BCUT2D eigenvalue weighted by Crippen LogP contribution is -2.08. The quantitative estimate of drug-likeness (QED) is 0.450. The number of aldehydes is 1. The van der Waals surface area contributed by atoms with Crippen LogP contribution in [-0.4, -0.2) is 36.5 Å². The molecule has 7 heteroatoms. The molecule has 2 heterocycles. The molecular formula is C23H22N6O. The van der Waals surface area contributed by atoms with Gasteiger partial charge in [-0.15, -0.1) is 5.10 Å². The van der Waals surface area contributed by atoms with E-state index < -0.39 is 0 Å². The molecule has 0 aliphatic rings. The number of rotatable bonds is 8. The fourth-order valence-corrected chi connectivity index (χ4v) is 3.59. The molecule has 0 saturated carbocycles. The number of carbonyl (C=O) groups excluding carboxylic acids is 1. The summed E-state index contributed by atoms with van der Waals surface area (Å²) in [5, 5.41) is 14.2. The Labute approximate surface area is 174 Å². The zero-order valence-corrected chi connectivity index (χ0v) is 16.7. The van der Waals surface area contributed by atoms with Crippen LogP contribution in [-0.2, 0) is 13.0 Å². The Bertz CT molecular complexity index is 1160. The van der Waals surface area contributed by atoms with Crippen molar-refractivity contribution in [1.82, 2.24) is 30.2 Å². The van der Waals surface area contributed by atoms with Gasteiger partial charge < -0.3 is 4.57 Å². The number of tetrazole rings is 1. The molecule has 0 aliphatic heterocycles. The molecular weight excluding hydrogens is 376 g/mol. The second-order valence-corrected chi connectivity index (χ2v) is 6.95. The van der Waals surface area contributed by atoms with E-state index >= 15 is 0 Å². The van der Waals surface area contributed by atoms with Crippen LogP contribution in [0.15, 0.2) is 55.1 Å². The van der Waals surface area contributed by atoms with E-state index in [9.17, 15) is 4.79 Å². The van der Waals surface area contributed by atoms with Gasteiger partial charge in [0.2, 0.25) is 0 Å². The largest absolute Gasteiger partial charge is 0.321 e. The third-order valence-electron chi connectivity index (χ3n) is 5.03. The van der Waals surface area contributed by atoms with Crippen molar-refractivity contribution in [3.63, 3.8) is 0 Å². The minimum absolute atomic E-state index is 0.570. The molecule has 1 N–H and O–H groups in total. The summed E-state index contributed by atoms with van der Waals surface area (Å²) in [6.07, 6.45) is 4.26. The topological polar surface area (TPSA) is 89.3 Å². The Morgan fingerprint density at radius 1 is 1.10 bits per heavy atom. The molecule has 2 aromatic heterocycles. The van der Waals surface area contributed by atoms with Gasteiger partial charge in [0.05, 0.1) is 5.69 Å². The maximum atomic E-state index is 11.7. The number of nitrogens with one attached hydrogen (secondary N) is 1. The van der Waals surface area contributed by atoms with Gasteiger partial charge in [-0.1, -0.05) is 62.0 Å². The lowest BCUT2D eigenvalue weighted by Gasteiger charge is -2.11. The number of hydrogen-bond acceptors (Lipinski definition) is 5. The number of aromatic amines is 1. The first kappa shape index (κ1) is 19.4. The molecule has 0 radical (unpaired) electrons. The molecule has 30 heavy (non-hydrogen) atoms. The van der Waals surface area contributed by atoms with Gasteiger partial charge in [0.25, 0.3) is 0 Å². The Kier molecular flexibility index (Phi) is 5.61. The normalized spacial score (nSPS) is 10.8. The van der Waals surface area contributed by atoms with Crippen molar-refractivity contribution in [2.45, 2.75) is 26.3 Å². The molecule has 4 rings (SSSR count). The summed E-state index contributed by atoms with van der Waals surface area (Å²) in [5.74, 6) is 1.53. The number of benzene rings is 2. The molecule has 0 amide bonds. The van der Waals surface area contributed by atoms with Gasteiger partial charge in [-0.05, 0) is 39.6 Å². The predicted octanol–water partition coefficient (Wildman–Crippen LogP) is 4.19. The van der Waals surface area contributed by atoms with Crippen LogP contribution in [0.4, 0.5) is 0 Å². The smallest absolute Gasteiger partial charge is 0.180 e. The maximum absolute atomic E-state index is 11.7. The molecule has 0 aliphatic carbocycles. The van der Waals surface area contributed by atoms with Crippen LogP contribution in [0.25, 0.3) is 28.6 Å². The Morgan fingerprint density at radius 3 is 2.50 bits per heavy atom. The molecule has 0 bridgehead atoms. The molecule has 0 fully saturated rings. The van der Waals surface area contributed by atoms with E-state index in [4.69, 9.17) is 0 Å². The van der Waals surface area contributed by atoms with E-state index in [1.54, 1.807) is 6.08 Å². The van der Waals surface area contributed by atoms with Crippen molar-refractivity contribution >= 4 is 12.4 Å². The molecule has 2 aromatic carbocycles. The molecule has 0 spiro atoms. The maximum Gasteiger partial charge on any atom is 0.180 e. The molecule has 0 saturated heterocycles. The SMILES string of the molecule is C=Cc1nc(CCC)n(Cc2ccc(-c3ccccc3-c3nnn[nH]3)cc2)c1C=O. The number of hydrogen-bond donors (Lipinski definition) is 1. The molecule has 4 aromatic rings. The van der Waals surface area contributed by atoms with Crippen molar-refractivity contribution in [2.24, 2.45) is 0 Å². The summed E-state index contributed by atoms with van der Waals surface area (Å²) in [7, 11) is 0. The minimum atomic E-state index is 0.570. The predicted molar refractivity (Wildman–Crippen MR) is 116 cm³/mol. The van der Waals surface area contributed by atoms with Crippen LogP contribution in [0, 0.1) is 0 Å². The minimum Gasteiger partial charge on any atom is -0.321 e. The van der Waals surface area contributed by atoms with E-state index in [2.05, 4.69) is 63.4 Å². The summed E-state index contributed by atoms with van der Waals surface area (Å²) < 4.78 is 1.98. The van der Waals surface area contributed by atoms with Crippen LogP contribution in [0.3, 0.4) is 0 Å². The van der Waals surface area contributed by atoms with Gasteiger partial charge in [0.1, 0.15) is 11.5 Å². The first-order chi connectivity index (χ1) is 14.7. The molecule has 150 valence electrons. The third kappa shape index (κ3) is 3.69. The van der Waals surface area contributed by atoms with Crippen LogP contribution < -0.4 is 0 Å². The second-order valence-electron chi connectivity index (χ2n) is 6.95. The average molecular weight is 398 g/mol. The van der Waals surface area contributed by atoms with Gasteiger partial charge in [-0.2, -0.15) is 0 Å². The third-order valence-corrected chi connectivity index (χ3v) is 5.03. The van der Waals surface area contributed by atoms with Crippen molar-refractivity contribution in [3.05, 3.63) is 77.9 Å². The lowest BCUT2D eigenvalue weighted by atomic mass is 9.98. The molecule has 7 nitrogen and oxygen atoms in total. The van der Waals surface area contributed by atoms with Gasteiger partial charge in [0.15, 0.2) is 12.1 Å². The highest BCUT2D eigenvalue weighted by Crippen LogP contribution is 2.30. The van der Waals surface area contributed by atoms with E-state index in [1.807, 2.05) is 28.8 Å². The Morgan fingerprint density at radius 2 is 1.87 bits per heavy atom. The number of carbonyl (C=O) groups is 1. The number of H-pyrrole nitrogens is 1. The number of aryl methyl sites for hydroxylation is 1. The van der Waals surface area contributed by atoms with Crippen molar-refractivity contribution in [3.8, 4) is 22.5 Å². The van der Waals surface area contributed by atoms with Crippen LogP contribution in [0.5, 0.6) is 0 Å². The van der Waals surface area contributed by atoms with Crippen molar-refractivity contribution < 1.29 is 4.79 Å². The zero-order chi connectivity index (χ0) is 20.9. The summed E-state index contributed by atoms with van der Waals surface area (Å²) in [6.45, 7) is 6.47. The van der Waals surface area contributed by atoms with Gasteiger partial charge in [-0.3, -0.25) is 4.79 Å². The van der Waals surface area contributed by atoms with Crippen LogP contribution in [0.2, 0.25) is 0 Å². The summed E-state index contributed by atoms with van der Waals surface area (Å²) >= 11 is 0. The number of aromatic nitrogens is 6. The van der Waals surface area contributed by atoms with Crippen LogP contribution in [0.1, 0.15) is 40.9 Å². The lowest BCUT2D eigenvalue weighted by molar-refractivity contribution is 0.111. The Balaban J connectivity index is 1.66. The highest BCUT2D eigenvalue weighted by atomic mass is 16.1. The van der Waals surface area contributed by atoms with E-state index in [1.165, 1.54) is 0 Å². The number of nitrogens with zero attached hydrogens (tertiary/aromatic N) is 5. The van der Waals surface area contributed by atoms with E-state index in [0.29, 0.717) is 23.8 Å². The summed E-state index contributed by atoms with van der Waals surface area (Å²) in [4.78, 5) is 16.3. The van der Waals surface area contributed by atoms with Crippen LogP contribution >= 0.6 is 0 Å². The molecule has 0 unspecified atom stereocenters. The molecule has 0 atom stereocenters. The zero-order valence-electron chi connectivity index (χ0n) is 16.7. The standard InChI is InChI=1S/C23H22N6O/c1-3-7-22-24-20(4-2)21(15-30)29(22)14-16-10-12-17(13-11-16)18-8-5-6-9-19(18)23-25-27-28-26-23/h4-6,8-13,15H,2-3,7,14H2,1H3,(H,25,26,27,28). The fourth-order valence-electron chi connectivity index (χ4n) is 3.59. The first-order valence-electron chi connectivity index (χ1n) is 9.84. The average Bonchev–Trinajstić information content (AvgIpc) is 3.43. The highest BCUT2D eigenvalue weighted by molar-refractivity contribution is 5.80. The second kappa shape index (κ2) is 8.65. The highest BCUT2D eigenvalue weighted by Gasteiger charge is 2.15. The summed E-state index contributed by atoms with van der Waals surface area (Å²) in [5.41, 5.74) is 5.34. The van der Waals surface area contributed by atoms with Gasteiger partial charge >= 0.3 is 0 Å². The van der Waals surface area contributed by atoms with Crippen molar-refractivity contribution in [1.29, 1.82) is 0 Å².